The van der Waals surface area contributed by atoms with Gasteiger partial charge in [-0.05, 0) is 54.4 Å². The molecule has 5 heteroatoms. The number of nitrogens with zero attached hydrogens (tertiary/aromatic N) is 1. The molecule has 2 amide bonds. The minimum Gasteiger partial charge on any atom is -0.457 e. The topological polar surface area (TPSA) is 76.7 Å². The molecule has 0 atom stereocenters. The maximum absolute atomic E-state index is 10.5. The SMILES string of the molecule is Cc1cccc(Oc2ccc(/C=N\NC(N)=O)cc2)c1. The Balaban J connectivity index is 2.01. The summed E-state index contributed by atoms with van der Waals surface area (Å²) >= 11 is 0. The molecule has 0 bridgehead atoms. The first kappa shape index (κ1) is 13.6. The summed E-state index contributed by atoms with van der Waals surface area (Å²) < 4.78 is 5.72. The number of hydrogen-bond acceptors (Lipinski definition) is 3. The van der Waals surface area contributed by atoms with Gasteiger partial charge in [-0.3, -0.25) is 0 Å². The molecular weight excluding hydrogens is 254 g/mol. The maximum Gasteiger partial charge on any atom is 0.332 e. The van der Waals surface area contributed by atoms with E-state index in [1.807, 2.05) is 55.5 Å². The van der Waals surface area contributed by atoms with Crippen molar-refractivity contribution in [3.8, 4) is 11.5 Å². The van der Waals surface area contributed by atoms with Crippen molar-refractivity contribution in [1.29, 1.82) is 0 Å². The molecule has 0 heterocycles. The smallest absolute Gasteiger partial charge is 0.332 e. The molecule has 0 spiro atoms. The summed E-state index contributed by atoms with van der Waals surface area (Å²) in [6.07, 6.45) is 1.50. The van der Waals surface area contributed by atoms with Gasteiger partial charge >= 0.3 is 6.03 Å². The zero-order chi connectivity index (χ0) is 14.4. The highest BCUT2D eigenvalue weighted by Crippen LogP contribution is 2.22. The van der Waals surface area contributed by atoms with Crippen LogP contribution < -0.4 is 15.9 Å². The fraction of sp³-hybridized carbons (Fsp3) is 0.0667. The molecule has 0 fully saturated rings. The maximum atomic E-state index is 10.5. The standard InChI is InChI=1S/C15H15N3O2/c1-11-3-2-4-14(9-11)20-13-7-5-12(6-8-13)10-17-18-15(16)19/h2-10H,1H3,(H3,16,18,19)/b17-10-. The van der Waals surface area contributed by atoms with Crippen LogP contribution >= 0.6 is 0 Å². The van der Waals surface area contributed by atoms with Crippen molar-refractivity contribution in [2.45, 2.75) is 6.92 Å². The van der Waals surface area contributed by atoms with E-state index in [1.54, 1.807) is 0 Å². The number of carbonyl (C=O) groups excluding carboxylic acids is 1. The van der Waals surface area contributed by atoms with Crippen molar-refractivity contribution in [1.82, 2.24) is 5.43 Å². The normalized spacial score (nSPS) is 10.4. The van der Waals surface area contributed by atoms with E-state index in [1.165, 1.54) is 6.21 Å². The highest BCUT2D eigenvalue weighted by molar-refractivity contribution is 5.81. The lowest BCUT2D eigenvalue weighted by atomic mass is 10.2. The van der Waals surface area contributed by atoms with Gasteiger partial charge in [-0.1, -0.05) is 12.1 Å². The largest absolute Gasteiger partial charge is 0.457 e. The van der Waals surface area contributed by atoms with Crippen LogP contribution in [0.3, 0.4) is 0 Å². The molecule has 0 unspecified atom stereocenters. The Morgan fingerprint density at radius 3 is 2.60 bits per heavy atom. The second-order valence-electron chi connectivity index (χ2n) is 4.22. The van der Waals surface area contributed by atoms with Gasteiger partial charge in [0.25, 0.3) is 0 Å². The summed E-state index contributed by atoms with van der Waals surface area (Å²) in [5.41, 5.74) is 9.00. The van der Waals surface area contributed by atoms with Crippen LogP contribution in [-0.2, 0) is 0 Å². The first-order valence-electron chi connectivity index (χ1n) is 6.06. The van der Waals surface area contributed by atoms with Crippen LogP contribution in [0.2, 0.25) is 0 Å². The zero-order valence-electron chi connectivity index (χ0n) is 11.0. The van der Waals surface area contributed by atoms with Crippen LogP contribution in [-0.4, -0.2) is 12.2 Å². The number of nitrogens with one attached hydrogen (secondary N) is 1. The number of hydrazone groups is 1. The van der Waals surface area contributed by atoms with E-state index in [4.69, 9.17) is 10.5 Å². The van der Waals surface area contributed by atoms with Gasteiger partial charge in [0.05, 0.1) is 6.21 Å². The highest BCUT2D eigenvalue weighted by atomic mass is 16.5. The van der Waals surface area contributed by atoms with Crippen LogP contribution in [0.15, 0.2) is 53.6 Å². The second-order valence-corrected chi connectivity index (χ2v) is 4.22. The van der Waals surface area contributed by atoms with E-state index < -0.39 is 6.03 Å². The number of hydrogen-bond donors (Lipinski definition) is 2. The molecule has 0 saturated carbocycles. The number of amides is 2. The Labute approximate surface area is 117 Å². The minimum absolute atomic E-state index is 0.694. The van der Waals surface area contributed by atoms with E-state index in [0.29, 0.717) is 0 Å². The second kappa shape index (κ2) is 6.38. The number of aryl methyl sites for hydroxylation is 1. The minimum atomic E-state index is -0.694. The predicted molar refractivity (Wildman–Crippen MR) is 78.0 cm³/mol. The molecule has 2 aromatic carbocycles. The lowest BCUT2D eigenvalue weighted by molar-refractivity contribution is 0.249. The predicted octanol–water partition coefficient (Wildman–Crippen LogP) is 2.79. The molecule has 3 N–H and O–H groups in total. The quantitative estimate of drug-likeness (QED) is 0.661. The number of benzene rings is 2. The fourth-order valence-corrected chi connectivity index (χ4v) is 1.61. The summed E-state index contributed by atoms with van der Waals surface area (Å²) in [6, 6.07) is 14.4. The van der Waals surface area contributed by atoms with Crippen molar-refractivity contribution in [3.63, 3.8) is 0 Å². The van der Waals surface area contributed by atoms with Gasteiger partial charge in [0, 0.05) is 0 Å². The monoisotopic (exact) mass is 269 g/mol. The number of rotatable bonds is 4. The van der Waals surface area contributed by atoms with Gasteiger partial charge in [0.15, 0.2) is 0 Å². The van der Waals surface area contributed by atoms with Crippen molar-refractivity contribution in [3.05, 3.63) is 59.7 Å². The molecular formula is C15H15N3O2. The molecule has 0 radical (unpaired) electrons. The number of carbonyl (C=O) groups is 1. The zero-order valence-corrected chi connectivity index (χ0v) is 11.0. The number of primary amides is 1. The third-order valence-corrected chi connectivity index (χ3v) is 2.49. The Bertz CT molecular complexity index is 621. The average Bonchev–Trinajstić information content (AvgIpc) is 2.40. The average molecular weight is 269 g/mol. The lowest BCUT2D eigenvalue weighted by Gasteiger charge is -2.06. The van der Waals surface area contributed by atoms with Crippen molar-refractivity contribution in [2.24, 2.45) is 10.8 Å². The molecule has 5 nitrogen and oxygen atoms in total. The van der Waals surface area contributed by atoms with E-state index in [2.05, 4.69) is 10.5 Å². The third kappa shape index (κ3) is 4.13. The van der Waals surface area contributed by atoms with Crippen molar-refractivity contribution >= 4 is 12.2 Å². The van der Waals surface area contributed by atoms with Gasteiger partial charge in [-0.15, -0.1) is 0 Å². The van der Waals surface area contributed by atoms with Crippen molar-refractivity contribution in [2.75, 3.05) is 0 Å². The highest BCUT2D eigenvalue weighted by Gasteiger charge is 1.97. The Kier molecular flexibility index (Phi) is 4.34. The van der Waals surface area contributed by atoms with Gasteiger partial charge in [0.2, 0.25) is 0 Å². The first-order chi connectivity index (χ1) is 9.63. The molecule has 2 rings (SSSR count). The van der Waals surface area contributed by atoms with Crippen LogP contribution in [0.25, 0.3) is 0 Å². The molecule has 0 aromatic heterocycles. The molecule has 0 aliphatic carbocycles. The summed E-state index contributed by atoms with van der Waals surface area (Å²) in [6.45, 7) is 2.01. The van der Waals surface area contributed by atoms with Gasteiger partial charge in [-0.2, -0.15) is 5.10 Å². The third-order valence-electron chi connectivity index (χ3n) is 2.49. The Hall–Kier alpha value is -2.82. The lowest BCUT2D eigenvalue weighted by Crippen LogP contribution is -2.24. The van der Waals surface area contributed by atoms with Crippen LogP contribution in [0, 0.1) is 6.92 Å². The van der Waals surface area contributed by atoms with Gasteiger partial charge < -0.3 is 10.5 Å². The van der Waals surface area contributed by atoms with Crippen LogP contribution in [0.5, 0.6) is 11.5 Å². The van der Waals surface area contributed by atoms with E-state index in [9.17, 15) is 4.79 Å². The number of urea groups is 1. The first-order valence-corrected chi connectivity index (χ1v) is 6.06. The molecule has 102 valence electrons. The summed E-state index contributed by atoms with van der Waals surface area (Å²) in [7, 11) is 0. The van der Waals surface area contributed by atoms with E-state index in [-0.39, 0.29) is 0 Å². The van der Waals surface area contributed by atoms with Gasteiger partial charge in [0.1, 0.15) is 11.5 Å². The number of nitrogens with two attached hydrogens (primary N) is 1. The molecule has 0 aliphatic rings. The van der Waals surface area contributed by atoms with Crippen molar-refractivity contribution < 1.29 is 9.53 Å². The Morgan fingerprint density at radius 2 is 1.95 bits per heavy atom. The Morgan fingerprint density at radius 1 is 1.20 bits per heavy atom. The summed E-state index contributed by atoms with van der Waals surface area (Å²) in [5.74, 6) is 1.53. The molecule has 0 aliphatic heterocycles. The molecule has 2 aromatic rings. The summed E-state index contributed by atoms with van der Waals surface area (Å²) in [4.78, 5) is 10.5. The summed E-state index contributed by atoms with van der Waals surface area (Å²) in [5, 5.41) is 3.68. The molecule has 20 heavy (non-hydrogen) atoms. The van der Waals surface area contributed by atoms with E-state index in [0.717, 1.165) is 22.6 Å². The van der Waals surface area contributed by atoms with Gasteiger partial charge in [-0.25, -0.2) is 10.2 Å². The van der Waals surface area contributed by atoms with Crippen LogP contribution in [0.4, 0.5) is 4.79 Å². The van der Waals surface area contributed by atoms with Crippen LogP contribution in [0.1, 0.15) is 11.1 Å². The molecule has 0 saturated heterocycles. The van der Waals surface area contributed by atoms with E-state index >= 15 is 0 Å². The fourth-order valence-electron chi connectivity index (χ4n) is 1.61. The number of ether oxygens (including phenoxy) is 1.